The van der Waals surface area contributed by atoms with Crippen LogP contribution in [0.4, 0.5) is 17.6 Å². The molecule has 1 aromatic carbocycles. The number of aromatic nitrogens is 3. The molecular formula is C13H13F4N3O. The summed E-state index contributed by atoms with van der Waals surface area (Å²) in [5.41, 5.74) is -1.80. The van der Waals surface area contributed by atoms with Crippen molar-refractivity contribution < 1.29 is 22.7 Å². The molecule has 0 radical (unpaired) electrons. The number of benzene rings is 1. The van der Waals surface area contributed by atoms with E-state index in [1.807, 2.05) is 0 Å². The average molecular weight is 303 g/mol. The molecule has 0 saturated carbocycles. The van der Waals surface area contributed by atoms with Gasteiger partial charge >= 0.3 is 6.18 Å². The molecule has 0 aliphatic carbocycles. The van der Waals surface area contributed by atoms with E-state index in [1.54, 1.807) is 6.92 Å². The van der Waals surface area contributed by atoms with Crippen LogP contribution in [0.1, 0.15) is 30.0 Å². The molecule has 114 valence electrons. The van der Waals surface area contributed by atoms with Crippen molar-refractivity contribution in [2.24, 2.45) is 0 Å². The van der Waals surface area contributed by atoms with Crippen molar-refractivity contribution in [2.45, 2.75) is 32.2 Å². The highest BCUT2D eigenvalue weighted by Gasteiger charge is 2.35. The van der Waals surface area contributed by atoms with Crippen LogP contribution in [0.3, 0.4) is 0 Å². The Labute approximate surface area is 118 Å². The molecule has 0 fully saturated rings. The quantitative estimate of drug-likeness (QED) is 0.884. The van der Waals surface area contributed by atoms with Gasteiger partial charge < -0.3 is 5.11 Å². The van der Waals surface area contributed by atoms with Crippen LogP contribution in [0.5, 0.6) is 0 Å². The van der Waals surface area contributed by atoms with Crippen LogP contribution in [0.2, 0.25) is 0 Å². The Kier molecular flexibility index (Phi) is 4.26. The zero-order valence-corrected chi connectivity index (χ0v) is 11.1. The van der Waals surface area contributed by atoms with E-state index in [2.05, 4.69) is 10.1 Å². The average Bonchev–Trinajstić information content (AvgIpc) is 2.84. The molecule has 0 aliphatic heterocycles. The van der Waals surface area contributed by atoms with Crippen LogP contribution < -0.4 is 0 Å². The minimum atomic E-state index is -4.80. The number of aliphatic hydroxyl groups is 1. The second-order valence-corrected chi connectivity index (χ2v) is 4.42. The predicted octanol–water partition coefficient (Wildman–Crippen LogP) is 2.73. The maximum atomic E-state index is 13.9. The van der Waals surface area contributed by atoms with Crippen molar-refractivity contribution in [3.05, 3.63) is 47.3 Å². The molecule has 8 heteroatoms. The van der Waals surface area contributed by atoms with Crippen molar-refractivity contribution >= 4 is 0 Å². The van der Waals surface area contributed by atoms with Crippen LogP contribution in [0.25, 0.3) is 0 Å². The summed E-state index contributed by atoms with van der Waals surface area (Å²) in [6.07, 6.45) is -5.08. The molecule has 4 nitrogen and oxygen atoms in total. The number of rotatable bonds is 4. The lowest BCUT2D eigenvalue weighted by Crippen LogP contribution is -2.14. The topological polar surface area (TPSA) is 50.9 Å². The van der Waals surface area contributed by atoms with Crippen molar-refractivity contribution in [3.8, 4) is 0 Å². The van der Waals surface area contributed by atoms with Gasteiger partial charge in [-0.05, 0) is 13.0 Å². The lowest BCUT2D eigenvalue weighted by atomic mass is 10.0. The summed E-state index contributed by atoms with van der Waals surface area (Å²) in [6, 6.07) is 2.83. The molecule has 2 aromatic rings. The Bertz CT molecular complexity index is 624. The highest BCUT2D eigenvalue weighted by molar-refractivity contribution is 5.30. The van der Waals surface area contributed by atoms with E-state index in [1.165, 1.54) is 11.0 Å². The van der Waals surface area contributed by atoms with Gasteiger partial charge in [0.2, 0.25) is 0 Å². The zero-order chi connectivity index (χ0) is 15.6. The number of aryl methyl sites for hydroxylation is 1. The molecule has 0 aliphatic rings. The van der Waals surface area contributed by atoms with Crippen LogP contribution in [-0.4, -0.2) is 19.9 Å². The monoisotopic (exact) mass is 303 g/mol. The van der Waals surface area contributed by atoms with E-state index in [-0.39, 0.29) is 6.42 Å². The lowest BCUT2D eigenvalue weighted by molar-refractivity contribution is -0.140. The third kappa shape index (κ3) is 3.21. The maximum absolute atomic E-state index is 13.9. The molecule has 1 N–H and O–H groups in total. The molecule has 1 atom stereocenters. The van der Waals surface area contributed by atoms with Gasteiger partial charge in [-0.15, -0.1) is 0 Å². The summed E-state index contributed by atoms with van der Waals surface area (Å²) in [6.45, 7) is 2.29. The Hall–Kier alpha value is -1.96. The molecule has 0 spiro atoms. The van der Waals surface area contributed by atoms with Crippen LogP contribution in [0, 0.1) is 5.82 Å². The Morgan fingerprint density at radius 2 is 2.05 bits per heavy atom. The highest BCUT2D eigenvalue weighted by atomic mass is 19.4. The summed E-state index contributed by atoms with van der Waals surface area (Å²) in [5.74, 6) is -1.08. The Balaban J connectivity index is 2.30. The third-order valence-corrected chi connectivity index (χ3v) is 3.06. The van der Waals surface area contributed by atoms with E-state index in [0.717, 1.165) is 12.1 Å². The second kappa shape index (κ2) is 5.80. The molecule has 0 saturated heterocycles. The van der Waals surface area contributed by atoms with Crippen LogP contribution >= 0.6 is 0 Å². The van der Waals surface area contributed by atoms with Gasteiger partial charge in [0.1, 0.15) is 18.0 Å². The number of alkyl halides is 3. The van der Waals surface area contributed by atoms with Gasteiger partial charge in [-0.3, -0.25) is 4.68 Å². The predicted molar refractivity (Wildman–Crippen MR) is 65.8 cm³/mol. The van der Waals surface area contributed by atoms with E-state index < -0.39 is 29.2 Å². The molecule has 0 amide bonds. The molecule has 1 unspecified atom stereocenters. The number of aliphatic hydroxyl groups excluding tert-OH is 1. The minimum Gasteiger partial charge on any atom is -0.388 e. The van der Waals surface area contributed by atoms with Crippen LogP contribution in [0.15, 0.2) is 24.5 Å². The van der Waals surface area contributed by atoms with Gasteiger partial charge in [-0.1, -0.05) is 12.1 Å². The smallest absolute Gasteiger partial charge is 0.388 e. The first-order valence-electron chi connectivity index (χ1n) is 6.25. The molecule has 1 heterocycles. The first-order chi connectivity index (χ1) is 9.84. The summed E-state index contributed by atoms with van der Waals surface area (Å²) in [7, 11) is 0. The fraction of sp³-hybridized carbons (Fsp3) is 0.385. The van der Waals surface area contributed by atoms with Gasteiger partial charge in [0.05, 0.1) is 11.7 Å². The highest BCUT2D eigenvalue weighted by Crippen LogP contribution is 2.34. The Morgan fingerprint density at radius 3 is 2.67 bits per heavy atom. The van der Waals surface area contributed by atoms with Gasteiger partial charge in [-0.2, -0.15) is 18.3 Å². The molecular weight excluding hydrogens is 290 g/mol. The zero-order valence-electron chi connectivity index (χ0n) is 11.1. The van der Waals surface area contributed by atoms with E-state index in [0.29, 0.717) is 18.4 Å². The molecule has 21 heavy (non-hydrogen) atoms. The summed E-state index contributed by atoms with van der Waals surface area (Å²) in [4.78, 5) is 3.90. The van der Waals surface area contributed by atoms with Gasteiger partial charge in [0.25, 0.3) is 0 Å². The van der Waals surface area contributed by atoms with E-state index >= 15 is 0 Å². The lowest BCUT2D eigenvalue weighted by Gasteiger charge is -2.15. The van der Waals surface area contributed by atoms with Crippen molar-refractivity contribution in [1.29, 1.82) is 0 Å². The summed E-state index contributed by atoms with van der Waals surface area (Å²) < 4.78 is 53.3. The normalized spacial score (nSPS) is 13.4. The SMILES string of the molecule is CCn1ncnc1CC(O)c1cccc(C(F)(F)F)c1F. The van der Waals surface area contributed by atoms with Crippen molar-refractivity contribution in [1.82, 2.24) is 14.8 Å². The molecule has 0 bridgehead atoms. The van der Waals surface area contributed by atoms with Gasteiger partial charge in [0, 0.05) is 18.5 Å². The summed E-state index contributed by atoms with van der Waals surface area (Å²) in [5, 5.41) is 13.9. The number of halogens is 4. The van der Waals surface area contributed by atoms with Crippen molar-refractivity contribution in [2.75, 3.05) is 0 Å². The Morgan fingerprint density at radius 1 is 1.33 bits per heavy atom. The number of hydrogen-bond donors (Lipinski definition) is 1. The number of hydrogen-bond acceptors (Lipinski definition) is 3. The fourth-order valence-corrected chi connectivity index (χ4v) is 2.02. The third-order valence-electron chi connectivity index (χ3n) is 3.06. The fourth-order valence-electron chi connectivity index (χ4n) is 2.02. The van der Waals surface area contributed by atoms with Gasteiger partial charge in [0.15, 0.2) is 0 Å². The second-order valence-electron chi connectivity index (χ2n) is 4.42. The van der Waals surface area contributed by atoms with Gasteiger partial charge in [-0.25, -0.2) is 9.37 Å². The standard InChI is InChI=1S/C13H13F4N3O/c1-2-20-11(18-7-19-20)6-10(21)8-4-3-5-9(12(8)14)13(15,16)17/h3-5,7,10,21H,2,6H2,1H3. The van der Waals surface area contributed by atoms with Crippen LogP contribution in [-0.2, 0) is 19.1 Å². The van der Waals surface area contributed by atoms with E-state index in [9.17, 15) is 22.7 Å². The molecule has 2 rings (SSSR count). The summed E-state index contributed by atoms with van der Waals surface area (Å²) >= 11 is 0. The first kappa shape index (κ1) is 15.4. The first-order valence-corrected chi connectivity index (χ1v) is 6.25. The van der Waals surface area contributed by atoms with E-state index in [4.69, 9.17) is 0 Å². The number of nitrogens with zero attached hydrogens (tertiary/aromatic N) is 3. The largest absolute Gasteiger partial charge is 0.419 e. The maximum Gasteiger partial charge on any atom is 0.419 e. The minimum absolute atomic E-state index is 0.119. The van der Waals surface area contributed by atoms with Crippen molar-refractivity contribution in [3.63, 3.8) is 0 Å². The molecule has 1 aromatic heterocycles.